The zero-order valence-electron chi connectivity index (χ0n) is 13.4. The Morgan fingerprint density at radius 2 is 2.05 bits per heavy atom. The Labute approximate surface area is 127 Å². The third-order valence-corrected chi connectivity index (χ3v) is 4.00. The number of aromatic nitrogens is 1. The Morgan fingerprint density at radius 3 is 2.71 bits per heavy atom. The van der Waals surface area contributed by atoms with Gasteiger partial charge in [-0.2, -0.15) is 0 Å². The van der Waals surface area contributed by atoms with Crippen LogP contribution in [0.25, 0.3) is 0 Å². The summed E-state index contributed by atoms with van der Waals surface area (Å²) >= 11 is 0. The van der Waals surface area contributed by atoms with Gasteiger partial charge in [-0.25, -0.2) is 9.37 Å². The van der Waals surface area contributed by atoms with Crippen LogP contribution in [0.5, 0.6) is 5.88 Å². The Hall–Kier alpha value is -1.16. The van der Waals surface area contributed by atoms with Gasteiger partial charge in [-0.3, -0.25) is 0 Å². The van der Waals surface area contributed by atoms with Crippen LogP contribution in [0.1, 0.15) is 52.0 Å². The zero-order chi connectivity index (χ0) is 15.2. The summed E-state index contributed by atoms with van der Waals surface area (Å²) in [6.45, 7) is 8.08. The fourth-order valence-corrected chi connectivity index (χ4v) is 2.70. The van der Waals surface area contributed by atoms with Crippen LogP contribution in [0.15, 0.2) is 12.3 Å². The molecule has 118 valence electrons. The van der Waals surface area contributed by atoms with Crippen molar-refractivity contribution in [3.05, 3.63) is 23.6 Å². The summed E-state index contributed by atoms with van der Waals surface area (Å²) in [5.41, 5.74) is 0.814. The molecule has 1 N–H and O–H groups in total. The van der Waals surface area contributed by atoms with E-state index in [9.17, 15) is 4.39 Å². The number of nitrogens with one attached hydrogen (secondary N) is 1. The van der Waals surface area contributed by atoms with Crippen molar-refractivity contribution >= 4 is 0 Å². The van der Waals surface area contributed by atoms with Crippen molar-refractivity contribution in [2.75, 3.05) is 6.54 Å². The van der Waals surface area contributed by atoms with Crippen LogP contribution in [-0.4, -0.2) is 17.6 Å². The first-order valence-electron chi connectivity index (χ1n) is 8.06. The van der Waals surface area contributed by atoms with Crippen molar-refractivity contribution in [2.24, 2.45) is 11.8 Å². The minimum atomic E-state index is -0.305. The van der Waals surface area contributed by atoms with Gasteiger partial charge < -0.3 is 10.1 Å². The Morgan fingerprint density at radius 1 is 1.33 bits per heavy atom. The van der Waals surface area contributed by atoms with Gasteiger partial charge in [0, 0.05) is 12.1 Å². The fraction of sp³-hybridized carbons (Fsp3) is 0.706. The van der Waals surface area contributed by atoms with E-state index in [4.69, 9.17) is 4.74 Å². The monoisotopic (exact) mass is 294 g/mol. The maximum absolute atomic E-state index is 13.4. The second-order valence-corrected chi connectivity index (χ2v) is 6.64. The highest BCUT2D eigenvalue weighted by atomic mass is 19.1. The summed E-state index contributed by atoms with van der Waals surface area (Å²) in [5.74, 6) is 1.64. The summed E-state index contributed by atoms with van der Waals surface area (Å²) in [6.07, 6.45) is 6.01. The standard InChI is InChI=1S/C17H27FN2O/c1-12(2)9-19-10-14-8-15(18)11-20-17(14)21-16-6-4-13(3)5-7-16/h8,11-13,16,19H,4-7,9-10H2,1-3H3. The minimum absolute atomic E-state index is 0.225. The van der Waals surface area contributed by atoms with E-state index in [1.54, 1.807) is 0 Å². The Kier molecular flexibility index (Phi) is 5.97. The average molecular weight is 294 g/mol. The summed E-state index contributed by atoms with van der Waals surface area (Å²) in [7, 11) is 0. The van der Waals surface area contributed by atoms with Gasteiger partial charge in [0.2, 0.25) is 5.88 Å². The van der Waals surface area contributed by atoms with Crippen molar-refractivity contribution in [1.29, 1.82) is 0 Å². The van der Waals surface area contributed by atoms with Crippen LogP contribution >= 0.6 is 0 Å². The van der Waals surface area contributed by atoms with E-state index >= 15 is 0 Å². The normalized spacial score (nSPS) is 22.5. The summed E-state index contributed by atoms with van der Waals surface area (Å²) in [5, 5.41) is 3.33. The van der Waals surface area contributed by atoms with Gasteiger partial charge in [0.25, 0.3) is 0 Å². The van der Waals surface area contributed by atoms with Crippen LogP contribution in [-0.2, 0) is 6.54 Å². The van der Waals surface area contributed by atoms with Crippen LogP contribution in [0.2, 0.25) is 0 Å². The largest absolute Gasteiger partial charge is 0.474 e. The lowest BCUT2D eigenvalue weighted by molar-refractivity contribution is 0.128. The average Bonchev–Trinajstić information content (AvgIpc) is 2.43. The molecule has 1 aliphatic carbocycles. The molecule has 0 unspecified atom stereocenters. The van der Waals surface area contributed by atoms with Gasteiger partial charge in [0.1, 0.15) is 11.9 Å². The predicted molar refractivity (Wildman–Crippen MR) is 82.8 cm³/mol. The Bertz CT molecular complexity index is 442. The van der Waals surface area contributed by atoms with Gasteiger partial charge in [0.15, 0.2) is 0 Å². The smallest absolute Gasteiger partial charge is 0.218 e. The van der Waals surface area contributed by atoms with Gasteiger partial charge in [-0.05, 0) is 50.1 Å². The van der Waals surface area contributed by atoms with Crippen molar-refractivity contribution in [1.82, 2.24) is 10.3 Å². The topological polar surface area (TPSA) is 34.2 Å². The van der Waals surface area contributed by atoms with Gasteiger partial charge in [-0.15, -0.1) is 0 Å². The number of hydrogen-bond acceptors (Lipinski definition) is 3. The second kappa shape index (κ2) is 7.74. The highest BCUT2D eigenvalue weighted by Gasteiger charge is 2.21. The summed E-state index contributed by atoms with van der Waals surface area (Å²) < 4.78 is 19.4. The molecule has 0 aliphatic heterocycles. The molecule has 1 fully saturated rings. The van der Waals surface area contributed by atoms with Crippen LogP contribution in [0.4, 0.5) is 4.39 Å². The third-order valence-electron chi connectivity index (χ3n) is 4.00. The van der Waals surface area contributed by atoms with E-state index < -0.39 is 0 Å². The van der Waals surface area contributed by atoms with E-state index in [0.29, 0.717) is 18.3 Å². The lowest BCUT2D eigenvalue weighted by Gasteiger charge is -2.27. The zero-order valence-corrected chi connectivity index (χ0v) is 13.4. The maximum Gasteiger partial charge on any atom is 0.218 e. The SMILES string of the molecule is CC(C)CNCc1cc(F)cnc1OC1CCC(C)CC1. The first kappa shape index (κ1) is 16.2. The molecular weight excluding hydrogens is 267 g/mol. The lowest BCUT2D eigenvalue weighted by atomic mass is 9.89. The molecule has 0 amide bonds. The molecule has 0 saturated heterocycles. The molecule has 0 bridgehead atoms. The van der Waals surface area contributed by atoms with Gasteiger partial charge in [0.05, 0.1) is 6.20 Å². The van der Waals surface area contributed by atoms with E-state index in [1.165, 1.54) is 25.1 Å². The molecule has 1 heterocycles. The molecule has 1 aromatic heterocycles. The molecule has 0 aromatic carbocycles. The molecule has 4 heteroatoms. The van der Waals surface area contributed by atoms with Gasteiger partial charge >= 0.3 is 0 Å². The molecule has 1 saturated carbocycles. The van der Waals surface area contributed by atoms with E-state index in [0.717, 1.165) is 30.9 Å². The minimum Gasteiger partial charge on any atom is -0.474 e. The van der Waals surface area contributed by atoms with Crippen LogP contribution < -0.4 is 10.1 Å². The number of halogens is 1. The fourth-order valence-electron chi connectivity index (χ4n) is 2.70. The molecule has 0 spiro atoms. The number of ether oxygens (including phenoxy) is 1. The molecule has 1 aliphatic rings. The molecule has 2 rings (SSSR count). The number of rotatable bonds is 6. The van der Waals surface area contributed by atoms with E-state index in [1.807, 2.05) is 0 Å². The van der Waals surface area contributed by atoms with Crippen molar-refractivity contribution in [3.63, 3.8) is 0 Å². The molecule has 21 heavy (non-hydrogen) atoms. The molecule has 1 aromatic rings. The molecule has 0 radical (unpaired) electrons. The van der Waals surface area contributed by atoms with Crippen molar-refractivity contribution < 1.29 is 9.13 Å². The van der Waals surface area contributed by atoms with Crippen LogP contribution in [0, 0.1) is 17.7 Å². The van der Waals surface area contributed by atoms with E-state index in [2.05, 4.69) is 31.1 Å². The third kappa shape index (κ3) is 5.27. The highest BCUT2D eigenvalue weighted by Crippen LogP contribution is 2.28. The first-order valence-corrected chi connectivity index (χ1v) is 8.06. The van der Waals surface area contributed by atoms with Gasteiger partial charge in [-0.1, -0.05) is 20.8 Å². The Balaban J connectivity index is 1.97. The number of pyridine rings is 1. The summed E-state index contributed by atoms with van der Waals surface area (Å²) in [4.78, 5) is 4.15. The van der Waals surface area contributed by atoms with E-state index in [-0.39, 0.29) is 11.9 Å². The highest BCUT2D eigenvalue weighted by molar-refractivity contribution is 5.26. The summed E-state index contributed by atoms with van der Waals surface area (Å²) in [6, 6.07) is 1.53. The van der Waals surface area contributed by atoms with Crippen molar-refractivity contribution in [2.45, 2.75) is 59.1 Å². The molecule has 0 atom stereocenters. The number of nitrogens with zero attached hydrogens (tertiary/aromatic N) is 1. The first-order chi connectivity index (χ1) is 10.0. The maximum atomic E-state index is 13.4. The quantitative estimate of drug-likeness (QED) is 0.863. The van der Waals surface area contributed by atoms with Crippen molar-refractivity contribution in [3.8, 4) is 5.88 Å². The number of hydrogen-bond donors (Lipinski definition) is 1. The molecular formula is C17H27FN2O. The second-order valence-electron chi connectivity index (χ2n) is 6.64. The van der Waals surface area contributed by atoms with Crippen LogP contribution in [0.3, 0.4) is 0 Å². The lowest BCUT2D eigenvalue weighted by Crippen LogP contribution is -2.25. The predicted octanol–water partition coefficient (Wildman–Crippen LogP) is 3.92. The molecule has 3 nitrogen and oxygen atoms in total.